The van der Waals surface area contributed by atoms with Gasteiger partial charge in [0, 0.05) is 38.4 Å². The van der Waals surface area contributed by atoms with E-state index in [1.807, 2.05) is 4.90 Å². The van der Waals surface area contributed by atoms with Gasteiger partial charge < -0.3 is 9.64 Å². The van der Waals surface area contributed by atoms with Gasteiger partial charge in [-0.05, 0) is 56.7 Å². The summed E-state index contributed by atoms with van der Waals surface area (Å²) in [5.74, 6) is -0.0529. The summed E-state index contributed by atoms with van der Waals surface area (Å²) in [5, 5.41) is 0. The maximum atomic E-state index is 14.0. The van der Waals surface area contributed by atoms with Gasteiger partial charge in [0.25, 0.3) is 5.91 Å². The molecule has 4 rings (SSSR count). The molecule has 25 heavy (non-hydrogen) atoms. The van der Waals surface area contributed by atoms with E-state index in [0.717, 1.165) is 45.6 Å². The first-order chi connectivity index (χ1) is 12.2. The Balaban J connectivity index is 1.44. The number of amides is 1. The minimum Gasteiger partial charge on any atom is -0.381 e. The number of hydrogen-bond acceptors (Lipinski definition) is 3. The Kier molecular flexibility index (Phi) is 5.04. The second kappa shape index (κ2) is 7.42. The number of fused-ring (bicyclic) bond motifs is 1. The van der Waals surface area contributed by atoms with E-state index in [9.17, 15) is 9.18 Å². The van der Waals surface area contributed by atoms with Gasteiger partial charge in [0.15, 0.2) is 0 Å². The van der Waals surface area contributed by atoms with Crippen LogP contribution in [-0.2, 0) is 4.74 Å². The van der Waals surface area contributed by atoms with Crippen LogP contribution in [0.3, 0.4) is 0 Å². The number of carbonyl (C=O) groups excluding carboxylic acids is 1. The SMILES string of the molecule is O=C(c1ccccc1F)N1CC[C@H]2[C@H](CCCN2C2CCOCC2)C1. The predicted octanol–water partition coefficient (Wildman–Crippen LogP) is 2.93. The van der Waals surface area contributed by atoms with Crippen LogP contribution in [0.1, 0.15) is 42.5 Å². The highest BCUT2D eigenvalue weighted by molar-refractivity contribution is 5.94. The van der Waals surface area contributed by atoms with Crippen LogP contribution in [0.5, 0.6) is 0 Å². The van der Waals surface area contributed by atoms with E-state index < -0.39 is 5.82 Å². The van der Waals surface area contributed by atoms with Crippen molar-refractivity contribution in [1.29, 1.82) is 0 Å². The third-order valence-electron chi connectivity index (χ3n) is 6.16. The van der Waals surface area contributed by atoms with Crippen molar-refractivity contribution in [1.82, 2.24) is 9.80 Å². The molecule has 0 saturated carbocycles. The van der Waals surface area contributed by atoms with Crippen LogP contribution in [0.15, 0.2) is 24.3 Å². The number of likely N-dealkylation sites (tertiary alicyclic amines) is 2. The lowest BCUT2D eigenvalue weighted by molar-refractivity contribution is -0.0349. The average Bonchev–Trinajstić information content (AvgIpc) is 2.67. The normalized spacial score (nSPS) is 28.6. The van der Waals surface area contributed by atoms with Crippen LogP contribution >= 0.6 is 0 Å². The Hall–Kier alpha value is -1.46. The molecule has 0 aliphatic carbocycles. The number of piperidine rings is 2. The number of nitrogens with zero attached hydrogens (tertiary/aromatic N) is 2. The van der Waals surface area contributed by atoms with Crippen LogP contribution < -0.4 is 0 Å². The van der Waals surface area contributed by atoms with Crippen molar-refractivity contribution in [2.75, 3.05) is 32.8 Å². The predicted molar refractivity (Wildman–Crippen MR) is 94.0 cm³/mol. The van der Waals surface area contributed by atoms with Crippen LogP contribution in [0.4, 0.5) is 4.39 Å². The van der Waals surface area contributed by atoms with Crippen LogP contribution in [0.25, 0.3) is 0 Å². The van der Waals surface area contributed by atoms with Crippen LogP contribution in [-0.4, -0.2) is 60.6 Å². The smallest absolute Gasteiger partial charge is 0.256 e. The summed E-state index contributed by atoms with van der Waals surface area (Å²) in [5.41, 5.74) is 0.207. The van der Waals surface area contributed by atoms with Gasteiger partial charge in [-0.3, -0.25) is 9.69 Å². The molecule has 3 aliphatic rings. The van der Waals surface area contributed by atoms with Gasteiger partial charge in [0.2, 0.25) is 0 Å². The van der Waals surface area contributed by atoms with Gasteiger partial charge in [0.05, 0.1) is 5.56 Å². The number of halogens is 1. The molecular formula is C20H27FN2O2. The molecular weight excluding hydrogens is 319 g/mol. The zero-order valence-corrected chi connectivity index (χ0v) is 14.7. The van der Waals surface area contributed by atoms with Crippen molar-refractivity contribution < 1.29 is 13.9 Å². The van der Waals surface area contributed by atoms with Crippen molar-refractivity contribution in [2.24, 2.45) is 5.92 Å². The first-order valence-corrected chi connectivity index (χ1v) is 9.61. The fraction of sp³-hybridized carbons (Fsp3) is 0.650. The van der Waals surface area contributed by atoms with Crippen molar-refractivity contribution >= 4 is 5.91 Å². The van der Waals surface area contributed by atoms with Crippen molar-refractivity contribution in [3.05, 3.63) is 35.6 Å². The molecule has 3 heterocycles. The summed E-state index contributed by atoms with van der Waals surface area (Å²) in [7, 11) is 0. The number of ether oxygens (including phenoxy) is 1. The maximum Gasteiger partial charge on any atom is 0.256 e. The first kappa shape index (κ1) is 17.0. The summed E-state index contributed by atoms with van der Waals surface area (Å²) < 4.78 is 19.5. The zero-order chi connectivity index (χ0) is 17.2. The molecule has 0 unspecified atom stereocenters. The van der Waals surface area contributed by atoms with Gasteiger partial charge in [-0.1, -0.05) is 12.1 Å². The topological polar surface area (TPSA) is 32.8 Å². The fourth-order valence-corrected chi connectivity index (χ4v) is 4.90. The zero-order valence-electron chi connectivity index (χ0n) is 14.7. The Bertz CT molecular complexity index is 617. The third-order valence-corrected chi connectivity index (χ3v) is 6.16. The fourth-order valence-electron chi connectivity index (χ4n) is 4.90. The Labute approximate surface area is 148 Å². The lowest BCUT2D eigenvalue weighted by Crippen LogP contribution is -2.58. The number of rotatable bonds is 2. The molecule has 136 valence electrons. The lowest BCUT2D eigenvalue weighted by Gasteiger charge is -2.50. The molecule has 3 fully saturated rings. The van der Waals surface area contributed by atoms with E-state index in [1.54, 1.807) is 18.2 Å². The summed E-state index contributed by atoms with van der Waals surface area (Å²) in [6, 6.07) is 7.53. The van der Waals surface area contributed by atoms with Gasteiger partial charge in [-0.2, -0.15) is 0 Å². The highest BCUT2D eigenvalue weighted by Crippen LogP contribution is 2.34. The molecule has 0 bridgehead atoms. The first-order valence-electron chi connectivity index (χ1n) is 9.61. The average molecular weight is 346 g/mol. The molecule has 1 aromatic carbocycles. The van der Waals surface area contributed by atoms with E-state index in [-0.39, 0.29) is 11.5 Å². The second-order valence-electron chi connectivity index (χ2n) is 7.57. The summed E-state index contributed by atoms with van der Waals surface area (Å²) in [6.07, 6.45) is 5.62. The molecule has 2 atom stereocenters. The van der Waals surface area contributed by atoms with E-state index in [2.05, 4.69) is 4.90 Å². The molecule has 5 heteroatoms. The summed E-state index contributed by atoms with van der Waals surface area (Å²) >= 11 is 0. The molecule has 1 amide bonds. The van der Waals surface area contributed by atoms with E-state index in [1.165, 1.54) is 25.5 Å². The van der Waals surface area contributed by atoms with Crippen LogP contribution in [0, 0.1) is 11.7 Å². The largest absolute Gasteiger partial charge is 0.381 e. The quantitative estimate of drug-likeness (QED) is 0.825. The highest BCUT2D eigenvalue weighted by Gasteiger charge is 2.40. The van der Waals surface area contributed by atoms with Gasteiger partial charge in [-0.15, -0.1) is 0 Å². The summed E-state index contributed by atoms with van der Waals surface area (Å²) in [4.78, 5) is 17.3. The molecule has 0 radical (unpaired) electrons. The number of hydrogen-bond donors (Lipinski definition) is 0. The molecule has 3 aliphatic heterocycles. The van der Waals surface area contributed by atoms with Crippen molar-refractivity contribution in [3.8, 4) is 0 Å². The molecule has 4 nitrogen and oxygen atoms in total. The molecule has 0 N–H and O–H groups in total. The standard InChI is InChI=1S/C20H27FN2O2/c21-18-6-2-1-5-17(18)20(24)22-11-7-19-15(14-22)4-3-10-23(19)16-8-12-25-13-9-16/h1-2,5-6,15-16,19H,3-4,7-14H2/t15-,19+/m1/s1. The molecule has 0 aromatic heterocycles. The number of benzene rings is 1. The monoisotopic (exact) mass is 346 g/mol. The van der Waals surface area contributed by atoms with Gasteiger partial charge >= 0.3 is 0 Å². The number of carbonyl (C=O) groups is 1. The van der Waals surface area contributed by atoms with E-state index in [0.29, 0.717) is 18.0 Å². The highest BCUT2D eigenvalue weighted by atomic mass is 19.1. The maximum absolute atomic E-state index is 14.0. The molecule has 1 aromatic rings. The van der Waals surface area contributed by atoms with Gasteiger partial charge in [0.1, 0.15) is 5.82 Å². The minimum absolute atomic E-state index is 0.153. The second-order valence-corrected chi connectivity index (χ2v) is 7.57. The van der Waals surface area contributed by atoms with E-state index >= 15 is 0 Å². The Morgan fingerprint density at radius 3 is 2.68 bits per heavy atom. The Morgan fingerprint density at radius 2 is 1.88 bits per heavy atom. The van der Waals surface area contributed by atoms with Gasteiger partial charge in [-0.25, -0.2) is 4.39 Å². The lowest BCUT2D eigenvalue weighted by atomic mass is 9.82. The summed E-state index contributed by atoms with van der Waals surface area (Å²) in [6.45, 7) is 4.41. The molecule has 3 saturated heterocycles. The van der Waals surface area contributed by atoms with Crippen molar-refractivity contribution in [3.63, 3.8) is 0 Å². The Morgan fingerprint density at radius 1 is 1.08 bits per heavy atom. The molecule has 0 spiro atoms. The van der Waals surface area contributed by atoms with Crippen LogP contribution in [0.2, 0.25) is 0 Å². The third kappa shape index (κ3) is 3.44. The van der Waals surface area contributed by atoms with E-state index in [4.69, 9.17) is 4.74 Å². The van der Waals surface area contributed by atoms with Crippen molar-refractivity contribution in [2.45, 2.75) is 44.2 Å². The minimum atomic E-state index is -0.415.